The molecular formula is C22H24N4O2S. The number of nitrogens with zero attached hydrogens (tertiary/aromatic N) is 3. The van der Waals surface area contributed by atoms with Crippen LogP contribution in [0.2, 0.25) is 0 Å². The van der Waals surface area contributed by atoms with Crippen LogP contribution in [-0.4, -0.2) is 44.9 Å². The van der Waals surface area contributed by atoms with E-state index in [1.54, 1.807) is 13.3 Å². The Bertz CT molecular complexity index is 976. The molecule has 3 heterocycles. The molecule has 0 aliphatic carbocycles. The van der Waals surface area contributed by atoms with Crippen molar-refractivity contribution in [2.24, 2.45) is 0 Å². The number of para-hydroxylation sites is 2. The molecule has 0 spiro atoms. The third-order valence-corrected chi connectivity index (χ3v) is 5.54. The molecule has 0 bridgehead atoms. The van der Waals surface area contributed by atoms with Crippen molar-refractivity contribution < 1.29 is 9.84 Å². The number of aromatic nitrogens is 2. The molecule has 2 N–H and O–H groups in total. The van der Waals surface area contributed by atoms with E-state index in [2.05, 4.69) is 25.8 Å². The van der Waals surface area contributed by atoms with E-state index in [9.17, 15) is 5.11 Å². The summed E-state index contributed by atoms with van der Waals surface area (Å²) in [4.78, 5) is 6.72. The van der Waals surface area contributed by atoms with Crippen LogP contribution in [0.5, 0.6) is 5.75 Å². The Morgan fingerprint density at radius 2 is 1.97 bits per heavy atom. The van der Waals surface area contributed by atoms with Gasteiger partial charge >= 0.3 is 0 Å². The fraction of sp³-hybridized carbons (Fsp3) is 0.273. The molecule has 2 atom stereocenters. The van der Waals surface area contributed by atoms with Crippen molar-refractivity contribution in [1.82, 2.24) is 19.8 Å². The van der Waals surface area contributed by atoms with Crippen LogP contribution < -0.4 is 10.1 Å². The Morgan fingerprint density at radius 1 is 1.14 bits per heavy atom. The molecule has 2 unspecified atom stereocenters. The highest BCUT2D eigenvalue weighted by Crippen LogP contribution is 2.40. The molecule has 1 fully saturated rings. The molecule has 3 aromatic rings. The predicted molar refractivity (Wildman–Crippen MR) is 116 cm³/mol. The third kappa shape index (κ3) is 3.71. The van der Waals surface area contributed by atoms with E-state index in [1.165, 1.54) is 0 Å². The quantitative estimate of drug-likeness (QED) is 0.586. The topological polar surface area (TPSA) is 62.5 Å². The Labute approximate surface area is 175 Å². The molecule has 1 aromatic carbocycles. The van der Waals surface area contributed by atoms with Crippen LogP contribution in [0.4, 0.5) is 0 Å². The van der Waals surface area contributed by atoms with Crippen molar-refractivity contribution in [1.29, 1.82) is 0 Å². The summed E-state index contributed by atoms with van der Waals surface area (Å²) in [6.07, 6.45) is 4.48. The van der Waals surface area contributed by atoms with E-state index in [-0.39, 0.29) is 18.7 Å². The van der Waals surface area contributed by atoms with Gasteiger partial charge in [0.1, 0.15) is 5.75 Å². The van der Waals surface area contributed by atoms with E-state index in [0.29, 0.717) is 18.1 Å². The lowest BCUT2D eigenvalue weighted by molar-refractivity contribution is 0.244. The summed E-state index contributed by atoms with van der Waals surface area (Å²) in [6, 6.07) is 17.8. The van der Waals surface area contributed by atoms with E-state index in [0.717, 1.165) is 22.8 Å². The van der Waals surface area contributed by atoms with Crippen LogP contribution in [0, 0.1) is 0 Å². The van der Waals surface area contributed by atoms with E-state index < -0.39 is 0 Å². The third-order valence-electron chi connectivity index (χ3n) is 5.18. The van der Waals surface area contributed by atoms with Gasteiger partial charge in [-0.05, 0) is 55.0 Å². The van der Waals surface area contributed by atoms with Gasteiger partial charge in [-0.2, -0.15) is 0 Å². The molecule has 0 radical (unpaired) electrons. The number of nitrogens with one attached hydrogen (secondary N) is 1. The minimum atomic E-state index is -0.0919. The van der Waals surface area contributed by atoms with E-state index in [4.69, 9.17) is 17.0 Å². The van der Waals surface area contributed by atoms with Gasteiger partial charge in [-0.3, -0.25) is 4.98 Å². The molecule has 1 saturated heterocycles. The molecule has 4 rings (SSSR count). The van der Waals surface area contributed by atoms with Crippen molar-refractivity contribution in [2.45, 2.75) is 18.5 Å². The molecule has 1 aliphatic rings. The first-order chi connectivity index (χ1) is 14.2. The number of rotatable bonds is 7. The Hall–Kier alpha value is -2.90. The summed E-state index contributed by atoms with van der Waals surface area (Å²) in [6.45, 7) is 0.779. The van der Waals surface area contributed by atoms with Gasteiger partial charge < -0.3 is 24.6 Å². The molecular weight excluding hydrogens is 384 g/mol. The van der Waals surface area contributed by atoms with Gasteiger partial charge in [0, 0.05) is 31.2 Å². The lowest BCUT2D eigenvalue weighted by Gasteiger charge is -2.29. The maximum Gasteiger partial charge on any atom is 0.170 e. The maximum absolute atomic E-state index is 9.39. The zero-order chi connectivity index (χ0) is 20.2. The van der Waals surface area contributed by atoms with Crippen LogP contribution in [0.1, 0.15) is 29.9 Å². The summed E-state index contributed by atoms with van der Waals surface area (Å²) in [5.41, 5.74) is 2.98. The lowest BCUT2D eigenvalue weighted by Crippen LogP contribution is -2.31. The molecule has 29 heavy (non-hydrogen) atoms. The number of pyridine rings is 1. The number of hydrogen-bond donors (Lipinski definition) is 2. The first kappa shape index (κ1) is 19.4. The van der Waals surface area contributed by atoms with Crippen molar-refractivity contribution in [2.75, 3.05) is 20.3 Å². The average Bonchev–Trinajstić information content (AvgIpc) is 3.37. The second-order valence-electron chi connectivity index (χ2n) is 6.87. The largest absolute Gasteiger partial charge is 0.495 e. The van der Waals surface area contributed by atoms with Gasteiger partial charge in [0.25, 0.3) is 0 Å². The Balaban J connectivity index is 1.81. The number of methoxy groups -OCH3 is 1. The number of ether oxygens (including phenoxy) is 1. The van der Waals surface area contributed by atoms with Gasteiger partial charge in [-0.1, -0.05) is 18.2 Å². The second kappa shape index (κ2) is 8.63. The van der Waals surface area contributed by atoms with Crippen LogP contribution in [0.3, 0.4) is 0 Å². The van der Waals surface area contributed by atoms with Crippen molar-refractivity contribution in [3.8, 4) is 11.4 Å². The monoisotopic (exact) mass is 408 g/mol. The fourth-order valence-electron chi connectivity index (χ4n) is 3.89. The van der Waals surface area contributed by atoms with Gasteiger partial charge in [0.05, 0.1) is 30.6 Å². The van der Waals surface area contributed by atoms with Crippen molar-refractivity contribution in [3.63, 3.8) is 0 Å². The molecule has 0 amide bonds. The van der Waals surface area contributed by atoms with Crippen LogP contribution in [-0.2, 0) is 0 Å². The van der Waals surface area contributed by atoms with Gasteiger partial charge in [0.15, 0.2) is 5.11 Å². The molecule has 7 heteroatoms. The number of aliphatic hydroxyl groups is 1. The summed E-state index contributed by atoms with van der Waals surface area (Å²) in [5.74, 6) is 0.801. The van der Waals surface area contributed by atoms with Crippen molar-refractivity contribution in [3.05, 3.63) is 78.4 Å². The summed E-state index contributed by atoms with van der Waals surface area (Å²) in [7, 11) is 1.68. The zero-order valence-corrected chi connectivity index (χ0v) is 17.0. The average molecular weight is 409 g/mol. The van der Waals surface area contributed by atoms with Gasteiger partial charge in [-0.15, -0.1) is 0 Å². The van der Waals surface area contributed by atoms with Crippen LogP contribution in [0.15, 0.2) is 67.0 Å². The maximum atomic E-state index is 9.39. The zero-order valence-electron chi connectivity index (χ0n) is 16.2. The first-order valence-corrected chi connectivity index (χ1v) is 10.0. The van der Waals surface area contributed by atoms with Crippen LogP contribution in [0.25, 0.3) is 5.69 Å². The van der Waals surface area contributed by atoms with E-state index >= 15 is 0 Å². The highest BCUT2D eigenvalue weighted by atomic mass is 32.1. The SMILES string of the molecule is COc1ccccc1-n1cccc1C1C(c2ccccn2)NC(=S)N1CCCO. The Morgan fingerprint density at radius 3 is 2.72 bits per heavy atom. The summed E-state index contributed by atoms with van der Waals surface area (Å²) < 4.78 is 7.73. The van der Waals surface area contributed by atoms with Gasteiger partial charge in [-0.25, -0.2) is 0 Å². The minimum Gasteiger partial charge on any atom is -0.495 e. The van der Waals surface area contributed by atoms with Crippen molar-refractivity contribution >= 4 is 17.3 Å². The number of benzene rings is 1. The molecule has 150 valence electrons. The number of thiocarbonyl (C=S) groups is 1. The molecule has 0 saturated carbocycles. The molecule has 1 aliphatic heterocycles. The summed E-state index contributed by atoms with van der Waals surface area (Å²) >= 11 is 5.66. The fourth-order valence-corrected chi connectivity index (χ4v) is 4.22. The van der Waals surface area contributed by atoms with E-state index in [1.807, 2.05) is 54.7 Å². The van der Waals surface area contributed by atoms with Crippen LogP contribution >= 0.6 is 12.2 Å². The standard InChI is InChI=1S/C22H24N4O2S/c1-28-19-11-3-2-9-17(19)25-13-6-10-18(25)21-20(16-8-4-5-12-23-16)24-22(29)26(21)14-7-15-27/h2-6,8-13,20-21,27H,7,14-15H2,1H3,(H,24,29). The highest BCUT2D eigenvalue weighted by molar-refractivity contribution is 7.80. The molecule has 2 aromatic heterocycles. The minimum absolute atomic E-state index is 0.0659. The lowest BCUT2D eigenvalue weighted by atomic mass is 10.0. The number of hydrogen-bond acceptors (Lipinski definition) is 4. The molecule has 6 nitrogen and oxygen atoms in total. The highest BCUT2D eigenvalue weighted by Gasteiger charge is 2.41. The summed E-state index contributed by atoms with van der Waals surface area (Å²) in [5, 5.41) is 13.5. The predicted octanol–water partition coefficient (Wildman–Crippen LogP) is 3.24. The van der Waals surface area contributed by atoms with Gasteiger partial charge in [0.2, 0.25) is 0 Å². The second-order valence-corrected chi connectivity index (χ2v) is 7.26. The normalized spacial score (nSPS) is 18.7. The Kier molecular flexibility index (Phi) is 5.78. The first-order valence-electron chi connectivity index (χ1n) is 9.64. The number of aliphatic hydroxyl groups excluding tert-OH is 1. The smallest absolute Gasteiger partial charge is 0.170 e.